The van der Waals surface area contributed by atoms with Crippen molar-refractivity contribution in [2.75, 3.05) is 13.2 Å². The highest BCUT2D eigenvalue weighted by atomic mass is 16.5. The van der Waals surface area contributed by atoms with Crippen LogP contribution in [0.4, 0.5) is 0 Å². The molecule has 3 nitrogen and oxygen atoms in total. The van der Waals surface area contributed by atoms with Gasteiger partial charge in [-0.2, -0.15) is 5.26 Å². The summed E-state index contributed by atoms with van der Waals surface area (Å²) in [7, 11) is 0. The molecule has 16 heavy (non-hydrogen) atoms. The van der Waals surface area contributed by atoms with Crippen LogP contribution in [0.2, 0.25) is 0 Å². The third-order valence-electron chi connectivity index (χ3n) is 3.27. The molecule has 0 aromatic heterocycles. The molecule has 2 unspecified atom stereocenters. The Hall–Kier alpha value is -0.590. The van der Waals surface area contributed by atoms with E-state index in [1.807, 2.05) is 13.8 Å². The van der Waals surface area contributed by atoms with Gasteiger partial charge < -0.3 is 10.1 Å². The van der Waals surface area contributed by atoms with Gasteiger partial charge in [-0.1, -0.05) is 0 Å². The first-order valence-electron chi connectivity index (χ1n) is 6.31. The zero-order valence-electron chi connectivity index (χ0n) is 10.8. The first-order chi connectivity index (χ1) is 7.55. The number of ether oxygens (including phenoxy) is 1. The van der Waals surface area contributed by atoms with Crippen LogP contribution < -0.4 is 5.32 Å². The molecular weight excluding hydrogens is 200 g/mol. The molecule has 0 bridgehead atoms. The van der Waals surface area contributed by atoms with Gasteiger partial charge in [-0.05, 0) is 53.0 Å². The lowest BCUT2D eigenvalue weighted by atomic mass is 9.90. The smallest absolute Gasteiger partial charge is 0.0726 e. The van der Waals surface area contributed by atoms with Gasteiger partial charge in [0.2, 0.25) is 0 Å². The fraction of sp³-hybridized carbons (Fsp3) is 0.923. The summed E-state index contributed by atoms with van der Waals surface area (Å²) in [4.78, 5) is 0. The number of rotatable bonds is 6. The lowest BCUT2D eigenvalue weighted by Crippen LogP contribution is -2.37. The van der Waals surface area contributed by atoms with Crippen molar-refractivity contribution in [3.05, 3.63) is 0 Å². The van der Waals surface area contributed by atoms with Crippen LogP contribution in [0.25, 0.3) is 0 Å². The van der Waals surface area contributed by atoms with Crippen LogP contribution in [0.15, 0.2) is 0 Å². The molecule has 92 valence electrons. The lowest BCUT2D eigenvalue weighted by Gasteiger charge is -2.21. The van der Waals surface area contributed by atoms with Gasteiger partial charge in [-0.25, -0.2) is 0 Å². The van der Waals surface area contributed by atoms with Crippen molar-refractivity contribution < 1.29 is 4.74 Å². The summed E-state index contributed by atoms with van der Waals surface area (Å²) in [5.41, 5.74) is -0.186. The van der Waals surface area contributed by atoms with E-state index in [1.165, 1.54) is 12.8 Å². The molecule has 0 saturated carbocycles. The Labute approximate surface area is 99.2 Å². The van der Waals surface area contributed by atoms with Gasteiger partial charge in [0.15, 0.2) is 0 Å². The van der Waals surface area contributed by atoms with Gasteiger partial charge in [0, 0.05) is 12.6 Å². The summed E-state index contributed by atoms with van der Waals surface area (Å²) in [6.45, 7) is 8.07. The van der Waals surface area contributed by atoms with Crippen molar-refractivity contribution in [2.45, 2.75) is 58.6 Å². The molecule has 0 radical (unpaired) electrons. The highest BCUT2D eigenvalue weighted by molar-refractivity contribution is 4.91. The van der Waals surface area contributed by atoms with Crippen LogP contribution in [0.1, 0.15) is 46.5 Å². The second-order valence-electron chi connectivity index (χ2n) is 5.39. The third-order valence-corrected chi connectivity index (χ3v) is 3.27. The fourth-order valence-corrected chi connectivity index (χ4v) is 2.04. The number of nitrogens with one attached hydrogen (secondary N) is 1. The average Bonchev–Trinajstić information content (AvgIpc) is 2.77. The summed E-state index contributed by atoms with van der Waals surface area (Å²) in [6.07, 6.45) is 4.77. The van der Waals surface area contributed by atoms with Crippen molar-refractivity contribution in [2.24, 2.45) is 5.41 Å². The first kappa shape index (κ1) is 13.5. The van der Waals surface area contributed by atoms with Gasteiger partial charge in [-0.15, -0.1) is 0 Å². The van der Waals surface area contributed by atoms with Crippen LogP contribution in [-0.2, 0) is 4.74 Å². The summed E-state index contributed by atoms with van der Waals surface area (Å²) in [5.74, 6) is 0. The Kier molecular flexibility index (Phi) is 5.24. The predicted octanol–water partition coefficient (Wildman–Crippen LogP) is 2.47. The Balaban J connectivity index is 2.09. The first-order valence-corrected chi connectivity index (χ1v) is 6.31. The van der Waals surface area contributed by atoms with E-state index in [0.29, 0.717) is 12.1 Å². The summed E-state index contributed by atoms with van der Waals surface area (Å²) >= 11 is 0. The monoisotopic (exact) mass is 224 g/mol. The standard InChI is InChI=1S/C13H24N2O/c1-11(12-6-4-9-16-12)15-8-5-7-13(2,3)10-14/h11-12,15H,4-9H2,1-3H3. The van der Waals surface area contributed by atoms with Crippen molar-refractivity contribution in [1.29, 1.82) is 5.26 Å². The van der Waals surface area contributed by atoms with E-state index in [9.17, 15) is 0 Å². The van der Waals surface area contributed by atoms with E-state index < -0.39 is 0 Å². The zero-order valence-corrected chi connectivity index (χ0v) is 10.8. The molecule has 1 heterocycles. The van der Waals surface area contributed by atoms with E-state index in [-0.39, 0.29) is 5.41 Å². The minimum atomic E-state index is -0.186. The summed E-state index contributed by atoms with van der Waals surface area (Å²) < 4.78 is 5.62. The molecule has 2 atom stereocenters. The molecule has 0 amide bonds. The van der Waals surface area contributed by atoms with Crippen molar-refractivity contribution in [3.63, 3.8) is 0 Å². The molecule has 0 spiro atoms. The highest BCUT2D eigenvalue weighted by Crippen LogP contribution is 2.20. The molecule has 3 heteroatoms. The maximum atomic E-state index is 8.88. The zero-order chi connectivity index (χ0) is 12.0. The average molecular weight is 224 g/mol. The van der Waals surface area contributed by atoms with E-state index in [0.717, 1.165) is 26.0 Å². The van der Waals surface area contributed by atoms with Gasteiger partial charge in [0.05, 0.1) is 17.6 Å². The summed E-state index contributed by atoms with van der Waals surface area (Å²) in [6, 6.07) is 2.77. The molecule has 0 aromatic rings. The summed E-state index contributed by atoms with van der Waals surface area (Å²) in [5, 5.41) is 12.4. The number of hydrogen-bond acceptors (Lipinski definition) is 3. The Morgan fingerprint density at radius 1 is 1.56 bits per heavy atom. The van der Waals surface area contributed by atoms with E-state index >= 15 is 0 Å². The molecule has 1 N–H and O–H groups in total. The minimum absolute atomic E-state index is 0.186. The molecular formula is C13H24N2O. The van der Waals surface area contributed by atoms with E-state index in [2.05, 4.69) is 18.3 Å². The molecule has 0 aromatic carbocycles. The van der Waals surface area contributed by atoms with Crippen LogP contribution in [0.5, 0.6) is 0 Å². The molecule has 0 aliphatic carbocycles. The van der Waals surface area contributed by atoms with E-state index in [4.69, 9.17) is 10.00 Å². The van der Waals surface area contributed by atoms with Crippen molar-refractivity contribution >= 4 is 0 Å². The second-order valence-corrected chi connectivity index (χ2v) is 5.39. The Morgan fingerprint density at radius 2 is 2.31 bits per heavy atom. The minimum Gasteiger partial charge on any atom is -0.377 e. The largest absolute Gasteiger partial charge is 0.377 e. The predicted molar refractivity (Wildman–Crippen MR) is 65.1 cm³/mol. The van der Waals surface area contributed by atoms with Crippen LogP contribution in [0, 0.1) is 16.7 Å². The Morgan fingerprint density at radius 3 is 2.88 bits per heavy atom. The van der Waals surface area contributed by atoms with E-state index in [1.54, 1.807) is 0 Å². The number of nitrogens with zero attached hydrogens (tertiary/aromatic N) is 1. The highest BCUT2D eigenvalue weighted by Gasteiger charge is 2.22. The molecule has 1 fully saturated rings. The lowest BCUT2D eigenvalue weighted by molar-refractivity contribution is 0.0835. The third kappa shape index (κ3) is 4.51. The number of nitriles is 1. The van der Waals surface area contributed by atoms with Crippen molar-refractivity contribution in [1.82, 2.24) is 5.32 Å². The van der Waals surface area contributed by atoms with Gasteiger partial charge in [-0.3, -0.25) is 0 Å². The van der Waals surface area contributed by atoms with Crippen molar-refractivity contribution in [3.8, 4) is 6.07 Å². The second kappa shape index (κ2) is 6.22. The van der Waals surface area contributed by atoms with Gasteiger partial charge in [0.1, 0.15) is 0 Å². The van der Waals surface area contributed by atoms with Gasteiger partial charge in [0.25, 0.3) is 0 Å². The Bertz CT molecular complexity index is 239. The topological polar surface area (TPSA) is 45.0 Å². The normalized spacial score (nSPS) is 23.0. The number of hydrogen-bond donors (Lipinski definition) is 1. The van der Waals surface area contributed by atoms with Crippen LogP contribution >= 0.6 is 0 Å². The maximum absolute atomic E-state index is 8.88. The molecule has 1 saturated heterocycles. The van der Waals surface area contributed by atoms with Crippen LogP contribution in [0.3, 0.4) is 0 Å². The molecule has 1 aliphatic rings. The van der Waals surface area contributed by atoms with Gasteiger partial charge >= 0.3 is 0 Å². The SMILES string of the molecule is CC(NCCCC(C)(C)C#N)C1CCCO1. The molecule has 1 rings (SSSR count). The quantitative estimate of drug-likeness (QED) is 0.705. The maximum Gasteiger partial charge on any atom is 0.0726 e. The fourth-order valence-electron chi connectivity index (χ4n) is 2.04. The van der Waals surface area contributed by atoms with Crippen LogP contribution in [-0.4, -0.2) is 25.3 Å². The molecule has 1 aliphatic heterocycles.